The van der Waals surface area contributed by atoms with E-state index in [1.807, 2.05) is 18.2 Å². The van der Waals surface area contributed by atoms with Crippen LogP contribution < -0.4 is 10.9 Å². The van der Waals surface area contributed by atoms with Crippen molar-refractivity contribution in [3.63, 3.8) is 0 Å². The van der Waals surface area contributed by atoms with Gasteiger partial charge in [-0.1, -0.05) is 24.3 Å². The van der Waals surface area contributed by atoms with E-state index in [4.69, 9.17) is 5.11 Å². The summed E-state index contributed by atoms with van der Waals surface area (Å²) in [5, 5.41) is 9.88. The van der Waals surface area contributed by atoms with Crippen LogP contribution in [0.5, 0.6) is 0 Å². The molecule has 7 heteroatoms. The number of aromatic nitrogens is 1. The molecule has 1 fully saturated rings. The summed E-state index contributed by atoms with van der Waals surface area (Å²) in [7, 11) is 0. The molecule has 1 heterocycles. The summed E-state index contributed by atoms with van der Waals surface area (Å²) in [6, 6.07) is 10.6. The second-order valence-corrected chi connectivity index (χ2v) is 5.18. The van der Waals surface area contributed by atoms with E-state index in [0.29, 0.717) is 5.52 Å². The summed E-state index contributed by atoms with van der Waals surface area (Å²) in [6.45, 7) is 0. The summed E-state index contributed by atoms with van der Waals surface area (Å²) in [6.07, 6.45) is 0.552. The van der Waals surface area contributed by atoms with Crippen LogP contribution >= 0.6 is 0 Å². The summed E-state index contributed by atoms with van der Waals surface area (Å²) < 4.78 is 0. The van der Waals surface area contributed by atoms with E-state index in [0.717, 1.165) is 5.39 Å². The molecule has 3 rings (SSSR count). The zero-order valence-electron chi connectivity index (χ0n) is 11.5. The van der Waals surface area contributed by atoms with Crippen molar-refractivity contribution in [3.05, 3.63) is 42.1 Å². The van der Waals surface area contributed by atoms with E-state index >= 15 is 0 Å². The molecule has 2 aromatic rings. The van der Waals surface area contributed by atoms with Crippen LogP contribution in [0.2, 0.25) is 0 Å². The van der Waals surface area contributed by atoms with Gasteiger partial charge in [-0.3, -0.25) is 25.2 Å². The molecule has 1 saturated carbocycles. The number of hydrogen-bond acceptors (Lipinski definition) is 4. The van der Waals surface area contributed by atoms with Crippen LogP contribution in [0.4, 0.5) is 0 Å². The van der Waals surface area contributed by atoms with Crippen molar-refractivity contribution in [1.29, 1.82) is 0 Å². The number of carboxylic acids is 1. The van der Waals surface area contributed by atoms with Crippen LogP contribution in [-0.2, 0) is 9.59 Å². The molecule has 1 aliphatic rings. The predicted octanol–water partition coefficient (Wildman–Crippen LogP) is 0.861. The van der Waals surface area contributed by atoms with Gasteiger partial charge in [0.2, 0.25) is 0 Å². The molecule has 1 aliphatic carbocycles. The molecule has 0 unspecified atom stereocenters. The highest BCUT2D eigenvalue weighted by Crippen LogP contribution is 2.45. The van der Waals surface area contributed by atoms with Crippen LogP contribution in [0, 0.1) is 5.41 Å². The van der Waals surface area contributed by atoms with Crippen LogP contribution in [0.3, 0.4) is 0 Å². The Morgan fingerprint density at radius 2 is 1.77 bits per heavy atom. The van der Waals surface area contributed by atoms with Gasteiger partial charge in [-0.15, -0.1) is 0 Å². The van der Waals surface area contributed by atoms with Gasteiger partial charge in [-0.25, -0.2) is 4.98 Å². The van der Waals surface area contributed by atoms with Crippen molar-refractivity contribution in [1.82, 2.24) is 15.8 Å². The van der Waals surface area contributed by atoms with E-state index in [9.17, 15) is 14.4 Å². The van der Waals surface area contributed by atoms with E-state index in [1.54, 1.807) is 12.1 Å². The van der Waals surface area contributed by atoms with E-state index < -0.39 is 23.2 Å². The number of carboxylic acid groups (broad SMARTS) is 1. The number of aliphatic carboxylic acids is 1. The highest BCUT2D eigenvalue weighted by molar-refractivity contribution is 6.06. The molecule has 0 aliphatic heterocycles. The Kier molecular flexibility index (Phi) is 3.25. The standard InChI is InChI=1S/C15H13N3O4/c19-12(17-18-13(20)15(7-8-15)14(21)22)11-6-5-9-3-1-2-4-10(9)16-11/h1-6H,7-8H2,(H,17,19)(H,18,20)(H,21,22). The van der Waals surface area contributed by atoms with Gasteiger partial charge in [-0.05, 0) is 25.0 Å². The molecule has 2 amide bonds. The molecular weight excluding hydrogens is 286 g/mol. The third-order valence-corrected chi connectivity index (χ3v) is 3.71. The predicted molar refractivity (Wildman–Crippen MR) is 76.7 cm³/mol. The molecule has 22 heavy (non-hydrogen) atoms. The Labute approximate surface area is 125 Å². The smallest absolute Gasteiger partial charge is 0.319 e. The van der Waals surface area contributed by atoms with Crippen LogP contribution in [-0.4, -0.2) is 27.9 Å². The number of benzene rings is 1. The first-order valence-corrected chi connectivity index (χ1v) is 6.73. The summed E-state index contributed by atoms with van der Waals surface area (Å²) >= 11 is 0. The third-order valence-electron chi connectivity index (χ3n) is 3.71. The van der Waals surface area contributed by atoms with Crippen molar-refractivity contribution in [2.45, 2.75) is 12.8 Å². The van der Waals surface area contributed by atoms with E-state index in [-0.39, 0.29) is 18.5 Å². The molecule has 112 valence electrons. The number of pyridine rings is 1. The Hall–Kier alpha value is -2.96. The minimum Gasteiger partial charge on any atom is -0.480 e. The number of nitrogens with zero attached hydrogens (tertiary/aromatic N) is 1. The first kappa shape index (κ1) is 14.0. The number of amides is 2. The average molecular weight is 299 g/mol. The van der Waals surface area contributed by atoms with Crippen LogP contribution in [0.25, 0.3) is 10.9 Å². The normalized spacial score (nSPS) is 15.1. The molecular formula is C15H13N3O4. The number of hydrazine groups is 1. The highest BCUT2D eigenvalue weighted by Gasteiger charge is 2.57. The number of carbonyl (C=O) groups is 3. The largest absolute Gasteiger partial charge is 0.480 e. The van der Waals surface area contributed by atoms with Crippen molar-refractivity contribution < 1.29 is 19.5 Å². The lowest BCUT2D eigenvalue weighted by molar-refractivity contribution is -0.149. The quantitative estimate of drug-likeness (QED) is 0.575. The Morgan fingerprint density at radius 1 is 1.05 bits per heavy atom. The number of rotatable bonds is 3. The molecule has 1 aromatic carbocycles. The van der Waals surface area contributed by atoms with Crippen molar-refractivity contribution in [2.24, 2.45) is 5.41 Å². The fraction of sp³-hybridized carbons (Fsp3) is 0.200. The number of carbonyl (C=O) groups excluding carboxylic acids is 2. The Morgan fingerprint density at radius 3 is 2.45 bits per heavy atom. The van der Waals surface area contributed by atoms with Crippen LogP contribution in [0.1, 0.15) is 23.3 Å². The van der Waals surface area contributed by atoms with Gasteiger partial charge in [0, 0.05) is 5.39 Å². The fourth-order valence-electron chi connectivity index (χ4n) is 2.15. The molecule has 0 atom stereocenters. The lowest BCUT2D eigenvalue weighted by Gasteiger charge is -2.11. The summed E-state index contributed by atoms with van der Waals surface area (Å²) in [4.78, 5) is 39.0. The van der Waals surface area contributed by atoms with Crippen LogP contribution in [0.15, 0.2) is 36.4 Å². The first-order chi connectivity index (χ1) is 10.5. The van der Waals surface area contributed by atoms with Gasteiger partial charge in [0.1, 0.15) is 11.1 Å². The Balaban J connectivity index is 1.69. The van der Waals surface area contributed by atoms with Gasteiger partial charge >= 0.3 is 5.97 Å². The highest BCUT2D eigenvalue weighted by atomic mass is 16.4. The maximum Gasteiger partial charge on any atom is 0.319 e. The van der Waals surface area contributed by atoms with Gasteiger partial charge < -0.3 is 5.11 Å². The zero-order valence-corrected chi connectivity index (χ0v) is 11.5. The molecule has 1 aromatic heterocycles. The second kappa shape index (κ2) is 5.10. The topological polar surface area (TPSA) is 108 Å². The number of fused-ring (bicyclic) bond motifs is 1. The SMILES string of the molecule is O=C(NNC(=O)C1(C(=O)O)CC1)c1ccc2ccccc2n1. The zero-order chi connectivity index (χ0) is 15.7. The monoisotopic (exact) mass is 299 g/mol. The lowest BCUT2D eigenvalue weighted by Crippen LogP contribution is -2.47. The Bertz CT molecular complexity index is 783. The molecule has 0 radical (unpaired) electrons. The van der Waals surface area contributed by atoms with Crippen molar-refractivity contribution >= 4 is 28.7 Å². The summed E-state index contributed by atoms with van der Waals surface area (Å²) in [5.41, 5.74) is 3.75. The third kappa shape index (κ3) is 2.37. The maximum atomic E-state index is 12.0. The lowest BCUT2D eigenvalue weighted by atomic mass is 10.1. The average Bonchev–Trinajstić information content (AvgIpc) is 3.33. The number of para-hydroxylation sites is 1. The summed E-state index contributed by atoms with van der Waals surface area (Å²) in [5.74, 6) is -2.49. The molecule has 0 saturated heterocycles. The first-order valence-electron chi connectivity index (χ1n) is 6.73. The van der Waals surface area contributed by atoms with E-state index in [2.05, 4.69) is 15.8 Å². The number of hydrogen-bond donors (Lipinski definition) is 3. The fourth-order valence-corrected chi connectivity index (χ4v) is 2.15. The van der Waals surface area contributed by atoms with Crippen molar-refractivity contribution in [3.8, 4) is 0 Å². The molecule has 0 spiro atoms. The van der Waals surface area contributed by atoms with Gasteiger partial charge in [-0.2, -0.15) is 0 Å². The number of nitrogens with one attached hydrogen (secondary N) is 2. The maximum absolute atomic E-state index is 12.0. The minimum absolute atomic E-state index is 0.138. The van der Waals surface area contributed by atoms with E-state index in [1.165, 1.54) is 6.07 Å². The molecule has 7 nitrogen and oxygen atoms in total. The van der Waals surface area contributed by atoms with Gasteiger partial charge in [0.05, 0.1) is 5.52 Å². The second-order valence-electron chi connectivity index (χ2n) is 5.18. The minimum atomic E-state index is -1.40. The molecule has 3 N–H and O–H groups in total. The van der Waals surface area contributed by atoms with Gasteiger partial charge in [0.15, 0.2) is 0 Å². The molecule has 0 bridgehead atoms. The van der Waals surface area contributed by atoms with Gasteiger partial charge in [0.25, 0.3) is 11.8 Å². The van der Waals surface area contributed by atoms with Crippen molar-refractivity contribution in [2.75, 3.05) is 0 Å².